The lowest BCUT2D eigenvalue weighted by Crippen LogP contribution is -2.08. The van der Waals surface area contributed by atoms with Gasteiger partial charge in [0.25, 0.3) is 0 Å². The molecule has 0 heterocycles. The largest absolute Gasteiger partial charge is 0.326 e. The second-order valence-corrected chi connectivity index (χ2v) is 2.48. The number of hydrogen-bond donors (Lipinski definition) is 1. The number of azide groups is 1. The number of halogens is 4. The Labute approximate surface area is 80.9 Å². The molecule has 2 N–H and O–H groups in total. The maximum absolute atomic E-state index is 13.0. The molecule has 0 aliphatic rings. The molecule has 80 valence electrons. The number of rotatable bonds is 2. The van der Waals surface area contributed by atoms with Crippen LogP contribution in [0.3, 0.4) is 0 Å². The van der Waals surface area contributed by atoms with Crippen LogP contribution in [-0.2, 0) is 6.54 Å². The summed E-state index contributed by atoms with van der Waals surface area (Å²) in [5, 5.41) is 2.51. The zero-order valence-corrected chi connectivity index (χ0v) is 7.14. The average Bonchev–Trinajstić information content (AvgIpc) is 2.23. The summed E-state index contributed by atoms with van der Waals surface area (Å²) >= 11 is 0. The van der Waals surface area contributed by atoms with Crippen molar-refractivity contribution in [2.45, 2.75) is 6.54 Å². The molecule has 0 aliphatic carbocycles. The van der Waals surface area contributed by atoms with Crippen LogP contribution in [-0.4, -0.2) is 0 Å². The maximum atomic E-state index is 13.0. The molecule has 1 aromatic carbocycles. The number of nitrogens with zero attached hydrogens (tertiary/aromatic N) is 3. The van der Waals surface area contributed by atoms with E-state index in [0.29, 0.717) is 0 Å². The molecule has 4 nitrogen and oxygen atoms in total. The van der Waals surface area contributed by atoms with Gasteiger partial charge < -0.3 is 5.73 Å². The standard InChI is InChI=1S/C7H4F4N4/c8-3-2(1-12)4(9)6(11)7(5(3)10)14-15-13/h1,12H2. The monoisotopic (exact) mass is 220 g/mol. The van der Waals surface area contributed by atoms with E-state index >= 15 is 0 Å². The predicted octanol–water partition coefficient (Wildman–Crippen LogP) is 2.64. The molecule has 0 bridgehead atoms. The Morgan fingerprint density at radius 1 is 1.07 bits per heavy atom. The Morgan fingerprint density at radius 2 is 1.53 bits per heavy atom. The van der Waals surface area contributed by atoms with E-state index in [-0.39, 0.29) is 0 Å². The van der Waals surface area contributed by atoms with Gasteiger partial charge >= 0.3 is 0 Å². The van der Waals surface area contributed by atoms with Crippen LogP contribution in [0.5, 0.6) is 0 Å². The molecule has 0 saturated carbocycles. The number of hydrogen-bond acceptors (Lipinski definition) is 2. The average molecular weight is 220 g/mol. The topological polar surface area (TPSA) is 74.8 Å². The fourth-order valence-electron chi connectivity index (χ4n) is 0.977. The highest BCUT2D eigenvalue weighted by molar-refractivity contribution is 5.44. The van der Waals surface area contributed by atoms with Gasteiger partial charge in [-0.3, -0.25) is 0 Å². The van der Waals surface area contributed by atoms with Crippen molar-refractivity contribution in [3.8, 4) is 0 Å². The minimum absolute atomic E-state index is 0.706. The zero-order valence-electron chi connectivity index (χ0n) is 7.14. The van der Waals surface area contributed by atoms with Gasteiger partial charge in [-0.15, -0.1) is 0 Å². The van der Waals surface area contributed by atoms with Crippen molar-refractivity contribution < 1.29 is 17.6 Å². The van der Waals surface area contributed by atoms with Gasteiger partial charge in [-0.2, -0.15) is 0 Å². The van der Waals surface area contributed by atoms with Gasteiger partial charge in [0.15, 0.2) is 23.3 Å². The normalized spacial score (nSPS) is 9.93. The second-order valence-electron chi connectivity index (χ2n) is 2.48. The molecule has 8 heteroatoms. The summed E-state index contributed by atoms with van der Waals surface area (Å²) in [7, 11) is 0. The quantitative estimate of drug-likeness (QED) is 0.268. The van der Waals surface area contributed by atoms with Crippen molar-refractivity contribution in [2.24, 2.45) is 10.8 Å². The molecule has 1 rings (SSSR count). The second kappa shape index (κ2) is 4.16. The summed E-state index contributed by atoms with van der Waals surface area (Å²) < 4.78 is 51.9. The van der Waals surface area contributed by atoms with E-state index in [1.54, 1.807) is 0 Å². The van der Waals surface area contributed by atoms with E-state index in [0.717, 1.165) is 0 Å². The summed E-state index contributed by atoms with van der Waals surface area (Å²) in [6.45, 7) is -0.706. The molecule has 0 atom stereocenters. The highest BCUT2D eigenvalue weighted by Crippen LogP contribution is 2.29. The first-order valence-corrected chi connectivity index (χ1v) is 3.64. The highest BCUT2D eigenvalue weighted by Gasteiger charge is 2.23. The van der Waals surface area contributed by atoms with Crippen LogP contribution in [0.15, 0.2) is 5.11 Å². The van der Waals surface area contributed by atoms with E-state index in [9.17, 15) is 17.6 Å². The van der Waals surface area contributed by atoms with Crippen LogP contribution < -0.4 is 5.73 Å². The summed E-state index contributed by atoms with van der Waals surface area (Å²) in [6, 6.07) is 0. The Balaban J connectivity index is 3.65. The van der Waals surface area contributed by atoms with Gasteiger partial charge in [-0.05, 0) is 5.53 Å². The summed E-state index contributed by atoms with van der Waals surface area (Å²) in [5.74, 6) is -6.82. The third-order valence-electron chi connectivity index (χ3n) is 1.68. The van der Waals surface area contributed by atoms with Crippen LogP contribution in [0.25, 0.3) is 10.4 Å². The van der Waals surface area contributed by atoms with Crippen LogP contribution >= 0.6 is 0 Å². The van der Waals surface area contributed by atoms with Crippen molar-refractivity contribution >= 4 is 5.69 Å². The van der Waals surface area contributed by atoms with Gasteiger partial charge in [0, 0.05) is 17.0 Å². The molecule has 0 unspecified atom stereocenters. The smallest absolute Gasteiger partial charge is 0.171 e. The highest BCUT2D eigenvalue weighted by atomic mass is 19.2. The Bertz CT molecular complexity index is 424. The lowest BCUT2D eigenvalue weighted by molar-refractivity contribution is 0.442. The zero-order chi connectivity index (χ0) is 11.6. The van der Waals surface area contributed by atoms with Crippen molar-refractivity contribution in [3.05, 3.63) is 39.3 Å². The fraction of sp³-hybridized carbons (Fsp3) is 0.143. The summed E-state index contributed by atoms with van der Waals surface area (Å²) in [5.41, 5.74) is 10.6. The minimum atomic E-state index is -1.76. The van der Waals surface area contributed by atoms with Crippen LogP contribution in [0.1, 0.15) is 5.56 Å². The minimum Gasteiger partial charge on any atom is -0.326 e. The Hall–Kier alpha value is -1.79. The molecule has 0 saturated heterocycles. The first-order chi connectivity index (χ1) is 7.04. The molecule has 0 fully saturated rings. The molecular weight excluding hydrogens is 216 g/mol. The van der Waals surface area contributed by atoms with Crippen molar-refractivity contribution in [1.29, 1.82) is 0 Å². The van der Waals surface area contributed by atoms with Gasteiger partial charge in [0.2, 0.25) is 0 Å². The molecule has 0 aliphatic heterocycles. The van der Waals surface area contributed by atoms with Crippen molar-refractivity contribution in [2.75, 3.05) is 0 Å². The third-order valence-corrected chi connectivity index (χ3v) is 1.68. The molecule has 15 heavy (non-hydrogen) atoms. The van der Waals surface area contributed by atoms with E-state index in [1.807, 2.05) is 4.91 Å². The first kappa shape index (κ1) is 11.3. The van der Waals surface area contributed by atoms with E-state index in [4.69, 9.17) is 11.3 Å². The summed E-state index contributed by atoms with van der Waals surface area (Å²) in [6.07, 6.45) is 0. The van der Waals surface area contributed by atoms with Gasteiger partial charge in [-0.1, -0.05) is 5.11 Å². The van der Waals surface area contributed by atoms with Gasteiger partial charge in [0.1, 0.15) is 5.69 Å². The van der Waals surface area contributed by atoms with E-state index in [2.05, 4.69) is 5.11 Å². The van der Waals surface area contributed by atoms with E-state index < -0.39 is 41.1 Å². The van der Waals surface area contributed by atoms with Gasteiger partial charge in [0.05, 0.1) is 0 Å². The lowest BCUT2D eigenvalue weighted by atomic mass is 10.1. The van der Waals surface area contributed by atoms with Crippen molar-refractivity contribution in [1.82, 2.24) is 0 Å². The first-order valence-electron chi connectivity index (χ1n) is 3.64. The maximum Gasteiger partial charge on any atom is 0.171 e. The fourth-order valence-corrected chi connectivity index (χ4v) is 0.977. The molecular formula is C7H4F4N4. The van der Waals surface area contributed by atoms with Crippen LogP contribution in [0.4, 0.5) is 23.2 Å². The molecule has 0 radical (unpaired) electrons. The summed E-state index contributed by atoms with van der Waals surface area (Å²) in [4.78, 5) is 2.05. The lowest BCUT2D eigenvalue weighted by Gasteiger charge is -2.06. The van der Waals surface area contributed by atoms with Crippen molar-refractivity contribution in [3.63, 3.8) is 0 Å². The predicted molar refractivity (Wildman–Crippen MR) is 43.0 cm³/mol. The molecule has 1 aromatic rings. The molecule has 0 amide bonds. The third kappa shape index (κ3) is 1.72. The SMILES string of the molecule is [N-]=[N+]=Nc1c(F)c(F)c(CN)c(F)c1F. The number of nitrogens with two attached hydrogens (primary N) is 1. The Morgan fingerprint density at radius 3 is 1.87 bits per heavy atom. The molecule has 0 aromatic heterocycles. The van der Waals surface area contributed by atoms with Gasteiger partial charge in [-0.25, -0.2) is 17.6 Å². The van der Waals surface area contributed by atoms with Crippen LogP contribution in [0.2, 0.25) is 0 Å². The molecule has 0 spiro atoms. The van der Waals surface area contributed by atoms with Crippen LogP contribution in [0, 0.1) is 23.3 Å². The van der Waals surface area contributed by atoms with E-state index in [1.165, 1.54) is 0 Å². The number of benzene rings is 1. The Kier molecular flexibility index (Phi) is 3.13.